The summed E-state index contributed by atoms with van der Waals surface area (Å²) < 4.78 is 36.5. The van der Waals surface area contributed by atoms with E-state index >= 15 is 0 Å². The fourth-order valence-corrected chi connectivity index (χ4v) is 6.30. The molecular weight excluding hydrogens is 478 g/mol. The maximum Gasteiger partial charge on any atom is 0.264 e. The van der Waals surface area contributed by atoms with E-state index in [2.05, 4.69) is 14.7 Å². The van der Waals surface area contributed by atoms with Crippen LogP contribution in [0.25, 0.3) is 0 Å². The number of alkyl halides is 2. The number of rotatable bonds is 4. The van der Waals surface area contributed by atoms with Gasteiger partial charge in [-0.2, -0.15) is 10.2 Å². The first-order valence-corrected chi connectivity index (χ1v) is 13.3. The number of halogens is 2. The van der Waals surface area contributed by atoms with Crippen LogP contribution in [-0.2, 0) is 28.9 Å². The number of benzene rings is 1. The second-order valence-corrected chi connectivity index (χ2v) is 10.6. The van der Waals surface area contributed by atoms with Crippen LogP contribution < -0.4 is 4.90 Å². The molecule has 1 amide bonds. The molecule has 37 heavy (non-hydrogen) atoms. The SMILES string of the molecule is CC(=O)N1CCc2c(c(N3CCCc4cc(C5C=NN(C)C5)c(C(F)F)cc43)nn2C2CCOCC2)C1. The number of nitrogens with zero attached hydrogens (tertiary/aromatic N) is 6. The molecule has 0 bridgehead atoms. The van der Waals surface area contributed by atoms with Crippen LogP contribution in [0.1, 0.15) is 72.5 Å². The van der Waals surface area contributed by atoms with Gasteiger partial charge in [-0.25, -0.2) is 8.78 Å². The number of anilines is 2. The molecule has 1 aromatic heterocycles. The van der Waals surface area contributed by atoms with Crippen LogP contribution in [0.2, 0.25) is 0 Å². The Morgan fingerprint density at radius 3 is 2.68 bits per heavy atom. The average Bonchev–Trinajstić information content (AvgIpc) is 3.51. The van der Waals surface area contributed by atoms with E-state index in [-0.39, 0.29) is 23.4 Å². The number of aromatic nitrogens is 2. The first-order chi connectivity index (χ1) is 17.9. The molecule has 1 unspecified atom stereocenters. The highest BCUT2D eigenvalue weighted by molar-refractivity contribution is 5.76. The van der Waals surface area contributed by atoms with Gasteiger partial charge in [0.25, 0.3) is 6.43 Å². The highest BCUT2D eigenvalue weighted by Gasteiger charge is 2.34. The summed E-state index contributed by atoms with van der Waals surface area (Å²) in [6.07, 6.45) is 3.49. The zero-order chi connectivity index (χ0) is 25.7. The molecule has 8 nitrogen and oxygen atoms in total. The Morgan fingerprint density at radius 2 is 1.97 bits per heavy atom. The van der Waals surface area contributed by atoms with Crippen molar-refractivity contribution in [1.29, 1.82) is 0 Å². The largest absolute Gasteiger partial charge is 0.381 e. The Bertz CT molecular complexity index is 1220. The van der Waals surface area contributed by atoms with Crippen LogP contribution in [0.3, 0.4) is 0 Å². The molecule has 6 rings (SSSR count). The van der Waals surface area contributed by atoms with Gasteiger partial charge in [-0.1, -0.05) is 6.07 Å². The fraction of sp³-hybridized carbons (Fsp3) is 0.593. The lowest BCUT2D eigenvalue weighted by Crippen LogP contribution is -2.36. The van der Waals surface area contributed by atoms with Crippen LogP contribution in [0.15, 0.2) is 17.2 Å². The van der Waals surface area contributed by atoms with E-state index in [0.717, 1.165) is 54.7 Å². The summed E-state index contributed by atoms with van der Waals surface area (Å²) in [5, 5.41) is 11.2. The van der Waals surface area contributed by atoms with E-state index < -0.39 is 6.43 Å². The number of hydrogen-bond acceptors (Lipinski definition) is 6. The van der Waals surface area contributed by atoms with Crippen LogP contribution in [0, 0.1) is 0 Å². The molecule has 0 spiro atoms. The Balaban J connectivity index is 1.44. The lowest BCUT2D eigenvalue weighted by atomic mass is 9.89. The number of hydrogen-bond donors (Lipinski definition) is 0. The van der Waals surface area contributed by atoms with Gasteiger partial charge in [-0.3, -0.25) is 14.5 Å². The standard InChI is InChI=1S/C27H34F2N6O2/c1-17(36)33-9-5-24-23(16-33)27(31-35(24)20-6-10-37-11-7-20)34-8-3-4-18-12-21(19-14-30-32(2)15-19)22(26(28)29)13-25(18)34/h12-14,19-20,26H,3-11,15-16H2,1-2H3. The number of amides is 1. The number of aryl methyl sites for hydroxylation is 1. The predicted octanol–water partition coefficient (Wildman–Crippen LogP) is 4.18. The normalized spacial score (nSPS) is 22.1. The molecule has 1 saturated heterocycles. The topological polar surface area (TPSA) is 66.2 Å². The van der Waals surface area contributed by atoms with Crippen LogP contribution in [0.4, 0.5) is 20.3 Å². The van der Waals surface area contributed by atoms with Crippen LogP contribution >= 0.6 is 0 Å². The first-order valence-electron chi connectivity index (χ1n) is 13.3. The molecule has 5 heterocycles. The van der Waals surface area contributed by atoms with Gasteiger partial charge in [0, 0.05) is 87.9 Å². The van der Waals surface area contributed by atoms with E-state index in [9.17, 15) is 13.6 Å². The zero-order valence-corrected chi connectivity index (χ0v) is 21.5. The van der Waals surface area contributed by atoms with E-state index in [0.29, 0.717) is 45.0 Å². The van der Waals surface area contributed by atoms with E-state index in [1.807, 2.05) is 18.0 Å². The minimum Gasteiger partial charge on any atom is -0.381 e. The van der Waals surface area contributed by atoms with Gasteiger partial charge in [0.05, 0.1) is 12.6 Å². The molecule has 1 fully saturated rings. The van der Waals surface area contributed by atoms with Gasteiger partial charge < -0.3 is 14.5 Å². The smallest absolute Gasteiger partial charge is 0.264 e. The van der Waals surface area contributed by atoms with Gasteiger partial charge in [-0.05, 0) is 42.9 Å². The third-order valence-corrected chi connectivity index (χ3v) is 8.24. The number of likely N-dealkylation sites (N-methyl/N-ethyl adjacent to an activating group) is 1. The van der Waals surface area contributed by atoms with E-state index in [1.54, 1.807) is 24.2 Å². The molecule has 1 atom stereocenters. The molecule has 0 N–H and O–H groups in total. The summed E-state index contributed by atoms with van der Waals surface area (Å²) in [6, 6.07) is 3.91. The molecule has 0 radical (unpaired) electrons. The number of carbonyl (C=O) groups is 1. The van der Waals surface area contributed by atoms with Crippen LogP contribution in [-0.4, -0.2) is 71.7 Å². The van der Waals surface area contributed by atoms with Gasteiger partial charge in [0.2, 0.25) is 5.91 Å². The van der Waals surface area contributed by atoms with Crippen molar-refractivity contribution in [3.05, 3.63) is 40.1 Å². The van der Waals surface area contributed by atoms with E-state index in [4.69, 9.17) is 9.84 Å². The monoisotopic (exact) mass is 512 g/mol. The summed E-state index contributed by atoms with van der Waals surface area (Å²) in [5.41, 5.74) is 4.84. The van der Waals surface area contributed by atoms with Crippen molar-refractivity contribution in [3.8, 4) is 0 Å². The second-order valence-electron chi connectivity index (χ2n) is 10.6. The Hall–Kier alpha value is -3.01. The van der Waals surface area contributed by atoms with Gasteiger partial charge in [0.15, 0.2) is 5.82 Å². The molecule has 1 aromatic carbocycles. The van der Waals surface area contributed by atoms with Crippen molar-refractivity contribution >= 4 is 23.6 Å². The highest BCUT2D eigenvalue weighted by Crippen LogP contribution is 2.43. The van der Waals surface area contributed by atoms with Crippen molar-refractivity contribution < 1.29 is 18.3 Å². The maximum absolute atomic E-state index is 14.4. The van der Waals surface area contributed by atoms with Crippen molar-refractivity contribution in [2.24, 2.45) is 5.10 Å². The lowest BCUT2D eigenvalue weighted by molar-refractivity contribution is -0.129. The third kappa shape index (κ3) is 4.39. The Labute approximate surface area is 215 Å². The molecule has 10 heteroatoms. The molecule has 198 valence electrons. The fourth-order valence-electron chi connectivity index (χ4n) is 6.30. The quantitative estimate of drug-likeness (QED) is 0.615. The van der Waals surface area contributed by atoms with Crippen LogP contribution in [0.5, 0.6) is 0 Å². The molecule has 0 aliphatic carbocycles. The van der Waals surface area contributed by atoms with Crippen molar-refractivity contribution in [2.45, 2.75) is 64.0 Å². The molecule has 2 aromatic rings. The maximum atomic E-state index is 14.4. The zero-order valence-electron chi connectivity index (χ0n) is 21.5. The van der Waals surface area contributed by atoms with E-state index in [1.165, 1.54) is 5.69 Å². The molecule has 0 saturated carbocycles. The second kappa shape index (κ2) is 9.70. The third-order valence-electron chi connectivity index (χ3n) is 8.24. The number of hydrazone groups is 1. The summed E-state index contributed by atoms with van der Waals surface area (Å²) in [4.78, 5) is 16.3. The molecule has 4 aliphatic heterocycles. The highest BCUT2D eigenvalue weighted by atomic mass is 19.3. The lowest BCUT2D eigenvalue weighted by Gasteiger charge is -2.33. The summed E-state index contributed by atoms with van der Waals surface area (Å²) >= 11 is 0. The number of fused-ring (bicyclic) bond motifs is 2. The van der Waals surface area contributed by atoms with Gasteiger partial charge in [-0.15, -0.1) is 0 Å². The minimum atomic E-state index is -2.58. The number of carbonyl (C=O) groups excluding carboxylic acids is 1. The summed E-state index contributed by atoms with van der Waals surface area (Å²) in [5.74, 6) is 0.713. The van der Waals surface area contributed by atoms with Gasteiger partial charge in [0.1, 0.15) is 0 Å². The molecular formula is C27H34F2N6O2. The van der Waals surface area contributed by atoms with Gasteiger partial charge >= 0.3 is 0 Å². The minimum absolute atomic E-state index is 0.0438. The number of ether oxygens (including phenoxy) is 1. The summed E-state index contributed by atoms with van der Waals surface area (Å²) in [7, 11) is 1.86. The van der Waals surface area contributed by atoms with Crippen molar-refractivity contribution in [2.75, 3.05) is 44.8 Å². The van der Waals surface area contributed by atoms with Crippen molar-refractivity contribution in [3.63, 3.8) is 0 Å². The predicted molar refractivity (Wildman–Crippen MR) is 137 cm³/mol. The molecule has 4 aliphatic rings. The summed E-state index contributed by atoms with van der Waals surface area (Å²) in [6.45, 7) is 5.50. The first kappa shape index (κ1) is 24.3. The Morgan fingerprint density at radius 1 is 1.16 bits per heavy atom. The van der Waals surface area contributed by atoms with Crippen molar-refractivity contribution in [1.82, 2.24) is 19.7 Å². The Kier molecular flexibility index (Phi) is 6.38. The average molecular weight is 513 g/mol.